The molecule has 0 bridgehead atoms. The molecular weight excluding hydrogens is 246 g/mol. The fourth-order valence-electron chi connectivity index (χ4n) is 4.85. The van der Waals surface area contributed by atoms with Gasteiger partial charge >= 0.3 is 0 Å². The number of piperidine rings is 1. The van der Waals surface area contributed by atoms with Crippen molar-refractivity contribution in [2.24, 2.45) is 5.73 Å². The van der Waals surface area contributed by atoms with Gasteiger partial charge in [-0.15, -0.1) is 0 Å². The topological polar surface area (TPSA) is 32.5 Å². The maximum absolute atomic E-state index is 6.33. The van der Waals surface area contributed by atoms with Gasteiger partial charge in [0.2, 0.25) is 0 Å². The molecule has 3 unspecified atom stereocenters. The van der Waals surface area contributed by atoms with Gasteiger partial charge in [-0.05, 0) is 52.0 Å². The van der Waals surface area contributed by atoms with E-state index < -0.39 is 0 Å². The molecule has 2 N–H and O–H groups in total. The summed E-state index contributed by atoms with van der Waals surface area (Å²) in [5.74, 6) is 0. The van der Waals surface area contributed by atoms with E-state index in [0.29, 0.717) is 0 Å². The lowest BCUT2D eigenvalue weighted by atomic mass is 9.87. The average molecular weight is 279 g/mol. The molecule has 3 aliphatic rings. The molecule has 0 radical (unpaired) electrons. The summed E-state index contributed by atoms with van der Waals surface area (Å²) < 4.78 is 0. The van der Waals surface area contributed by atoms with Crippen LogP contribution in [0.2, 0.25) is 0 Å². The van der Waals surface area contributed by atoms with E-state index in [1.165, 1.54) is 64.5 Å². The molecule has 3 nitrogen and oxygen atoms in total. The van der Waals surface area contributed by atoms with Crippen LogP contribution in [0.15, 0.2) is 0 Å². The van der Waals surface area contributed by atoms with E-state index >= 15 is 0 Å². The minimum atomic E-state index is 0.280. The quantitative estimate of drug-likeness (QED) is 0.839. The molecule has 0 spiro atoms. The van der Waals surface area contributed by atoms with Crippen molar-refractivity contribution in [3.63, 3.8) is 0 Å². The van der Waals surface area contributed by atoms with E-state index in [9.17, 15) is 0 Å². The first-order valence-corrected chi connectivity index (χ1v) is 8.93. The Morgan fingerprint density at radius 1 is 1.20 bits per heavy atom. The van der Waals surface area contributed by atoms with E-state index in [0.717, 1.165) is 24.7 Å². The number of hydrogen-bond donors (Lipinski definition) is 1. The zero-order valence-corrected chi connectivity index (χ0v) is 13.5. The van der Waals surface area contributed by atoms with E-state index in [4.69, 9.17) is 5.73 Å². The van der Waals surface area contributed by atoms with Gasteiger partial charge in [0.05, 0.1) is 0 Å². The molecule has 116 valence electrons. The summed E-state index contributed by atoms with van der Waals surface area (Å²) in [6.07, 6.45) is 11.0. The Kier molecular flexibility index (Phi) is 4.40. The van der Waals surface area contributed by atoms with Crippen molar-refractivity contribution in [1.82, 2.24) is 9.80 Å². The third kappa shape index (κ3) is 2.65. The first kappa shape index (κ1) is 14.8. The van der Waals surface area contributed by atoms with Crippen molar-refractivity contribution >= 4 is 0 Å². The lowest BCUT2D eigenvalue weighted by molar-refractivity contribution is 0.0224. The van der Waals surface area contributed by atoms with Gasteiger partial charge in [0, 0.05) is 36.8 Å². The number of nitrogens with two attached hydrogens (primary N) is 1. The summed E-state index contributed by atoms with van der Waals surface area (Å²) in [5, 5.41) is 0. The highest BCUT2D eigenvalue weighted by molar-refractivity contribution is 5.08. The maximum atomic E-state index is 6.33. The Bertz CT molecular complexity index is 326. The fraction of sp³-hybridized carbons (Fsp3) is 1.00. The van der Waals surface area contributed by atoms with Gasteiger partial charge in [-0.25, -0.2) is 0 Å². The maximum Gasteiger partial charge on any atom is 0.0476 e. The molecule has 3 rings (SSSR count). The summed E-state index contributed by atoms with van der Waals surface area (Å²) >= 11 is 0. The highest BCUT2D eigenvalue weighted by atomic mass is 15.3. The van der Waals surface area contributed by atoms with Crippen LogP contribution in [0.1, 0.15) is 65.2 Å². The summed E-state index contributed by atoms with van der Waals surface area (Å²) in [7, 11) is 0. The van der Waals surface area contributed by atoms with Crippen LogP contribution in [0.5, 0.6) is 0 Å². The molecule has 3 atom stereocenters. The minimum Gasteiger partial charge on any atom is -0.329 e. The predicted molar refractivity (Wildman–Crippen MR) is 84.8 cm³/mol. The monoisotopic (exact) mass is 279 g/mol. The van der Waals surface area contributed by atoms with Crippen LogP contribution < -0.4 is 5.73 Å². The molecule has 20 heavy (non-hydrogen) atoms. The number of likely N-dealkylation sites (tertiary alicyclic amines) is 2. The summed E-state index contributed by atoms with van der Waals surface area (Å²) in [5.41, 5.74) is 6.61. The second-order valence-electron chi connectivity index (χ2n) is 7.52. The Labute approximate surface area is 124 Å². The van der Waals surface area contributed by atoms with Gasteiger partial charge in [-0.2, -0.15) is 0 Å². The van der Waals surface area contributed by atoms with Crippen LogP contribution in [-0.4, -0.2) is 53.1 Å². The van der Waals surface area contributed by atoms with Gasteiger partial charge in [0.25, 0.3) is 0 Å². The first-order chi connectivity index (χ1) is 9.70. The third-order valence-corrected chi connectivity index (χ3v) is 5.97. The van der Waals surface area contributed by atoms with Gasteiger partial charge in [-0.1, -0.05) is 19.8 Å². The standard InChI is InChI=1S/C17H33N3/c1-3-6-16-7-4-5-10-20(16)17(12-18)11-14(2)19(13-17)15-8-9-15/h14-16H,3-13,18H2,1-2H3. The summed E-state index contributed by atoms with van der Waals surface area (Å²) in [6.45, 7) is 8.12. The average Bonchev–Trinajstić information content (AvgIpc) is 3.24. The van der Waals surface area contributed by atoms with Crippen molar-refractivity contribution in [2.45, 2.75) is 88.9 Å². The van der Waals surface area contributed by atoms with Crippen LogP contribution in [0.3, 0.4) is 0 Å². The van der Waals surface area contributed by atoms with Gasteiger partial charge in [0.15, 0.2) is 0 Å². The fourth-order valence-corrected chi connectivity index (χ4v) is 4.85. The van der Waals surface area contributed by atoms with Crippen LogP contribution in [0.25, 0.3) is 0 Å². The normalized spacial score (nSPS) is 40.4. The zero-order chi connectivity index (χ0) is 14.2. The number of nitrogens with zero attached hydrogens (tertiary/aromatic N) is 2. The molecule has 3 fully saturated rings. The lowest BCUT2D eigenvalue weighted by Gasteiger charge is -2.48. The molecule has 0 aromatic carbocycles. The summed E-state index contributed by atoms with van der Waals surface area (Å²) in [6, 6.07) is 2.41. The van der Waals surface area contributed by atoms with Crippen LogP contribution in [0.4, 0.5) is 0 Å². The van der Waals surface area contributed by atoms with Crippen LogP contribution in [-0.2, 0) is 0 Å². The Balaban J connectivity index is 1.76. The van der Waals surface area contributed by atoms with Crippen molar-refractivity contribution in [3.8, 4) is 0 Å². The van der Waals surface area contributed by atoms with Gasteiger partial charge < -0.3 is 5.73 Å². The Morgan fingerprint density at radius 2 is 2.00 bits per heavy atom. The molecule has 2 saturated heterocycles. The van der Waals surface area contributed by atoms with E-state index in [-0.39, 0.29) is 5.54 Å². The van der Waals surface area contributed by atoms with Crippen molar-refractivity contribution in [1.29, 1.82) is 0 Å². The SMILES string of the molecule is CCCC1CCCCN1C1(CN)CC(C)N(C2CC2)C1. The smallest absolute Gasteiger partial charge is 0.0476 e. The predicted octanol–water partition coefficient (Wildman–Crippen LogP) is 2.60. The zero-order valence-electron chi connectivity index (χ0n) is 13.5. The minimum absolute atomic E-state index is 0.280. The second-order valence-corrected chi connectivity index (χ2v) is 7.52. The molecule has 2 aliphatic heterocycles. The van der Waals surface area contributed by atoms with Gasteiger partial charge in [0.1, 0.15) is 0 Å². The van der Waals surface area contributed by atoms with Gasteiger partial charge in [-0.3, -0.25) is 9.80 Å². The number of rotatable bonds is 5. The highest BCUT2D eigenvalue weighted by Gasteiger charge is 2.50. The van der Waals surface area contributed by atoms with Crippen molar-refractivity contribution in [3.05, 3.63) is 0 Å². The number of hydrogen-bond acceptors (Lipinski definition) is 3. The molecule has 0 aromatic heterocycles. The van der Waals surface area contributed by atoms with Crippen LogP contribution in [0, 0.1) is 0 Å². The van der Waals surface area contributed by atoms with E-state index in [1.54, 1.807) is 0 Å². The van der Waals surface area contributed by atoms with Crippen molar-refractivity contribution in [2.75, 3.05) is 19.6 Å². The molecule has 1 aliphatic carbocycles. The van der Waals surface area contributed by atoms with Crippen molar-refractivity contribution < 1.29 is 0 Å². The largest absolute Gasteiger partial charge is 0.329 e. The lowest BCUT2D eigenvalue weighted by Crippen LogP contribution is -2.60. The highest BCUT2D eigenvalue weighted by Crippen LogP contribution is 2.41. The molecule has 3 heteroatoms. The van der Waals surface area contributed by atoms with E-state index in [1.807, 2.05) is 0 Å². The first-order valence-electron chi connectivity index (χ1n) is 8.93. The molecule has 0 aromatic rings. The van der Waals surface area contributed by atoms with E-state index in [2.05, 4.69) is 23.6 Å². The molecule has 0 amide bonds. The Hall–Kier alpha value is -0.120. The third-order valence-electron chi connectivity index (χ3n) is 5.97. The summed E-state index contributed by atoms with van der Waals surface area (Å²) in [4.78, 5) is 5.61. The molecule has 1 saturated carbocycles. The second kappa shape index (κ2) is 5.94. The Morgan fingerprint density at radius 3 is 2.65 bits per heavy atom. The molecular formula is C17H33N3. The molecule has 2 heterocycles. The van der Waals surface area contributed by atoms with Crippen LogP contribution >= 0.6 is 0 Å².